The van der Waals surface area contributed by atoms with E-state index in [9.17, 15) is 0 Å². The Hall–Kier alpha value is -1.04. The van der Waals surface area contributed by atoms with Crippen molar-refractivity contribution in [3.05, 3.63) is 12.2 Å². The number of hydrogen-bond donors (Lipinski definition) is 1. The molecule has 1 aliphatic carbocycles. The molecule has 0 aromatic carbocycles. The number of aliphatic imine (C=N–C) groups is 1. The molecule has 2 unspecified atom stereocenters. The van der Waals surface area contributed by atoms with E-state index >= 15 is 0 Å². The van der Waals surface area contributed by atoms with Crippen LogP contribution in [0.3, 0.4) is 0 Å². The number of amidine groups is 1. The molecule has 2 atom stereocenters. The molecule has 2 aliphatic rings. The Bertz CT molecular complexity index is 441. The van der Waals surface area contributed by atoms with Gasteiger partial charge < -0.3 is 5.32 Å². The van der Waals surface area contributed by atoms with Gasteiger partial charge in [-0.15, -0.1) is 0 Å². The predicted molar refractivity (Wildman–Crippen MR) is 73.7 cm³/mol. The maximum absolute atomic E-state index is 4.63. The van der Waals surface area contributed by atoms with E-state index in [4.69, 9.17) is 0 Å². The molecule has 2 fully saturated rings. The molecule has 3 rings (SSSR count). The van der Waals surface area contributed by atoms with E-state index < -0.39 is 0 Å². The topological polar surface area (TPSA) is 55.1 Å². The number of nitrogens with one attached hydrogen (secondary N) is 1. The Morgan fingerprint density at radius 3 is 3.33 bits per heavy atom. The first-order chi connectivity index (χ1) is 8.81. The van der Waals surface area contributed by atoms with Crippen molar-refractivity contribution in [2.75, 3.05) is 12.3 Å². The summed E-state index contributed by atoms with van der Waals surface area (Å²) in [6.07, 6.45) is 6.62. The minimum absolute atomic E-state index is 0.679. The molecular weight excluding hydrogens is 246 g/mol. The highest BCUT2D eigenvalue weighted by atomic mass is 32.2. The fourth-order valence-corrected chi connectivity index (χ4v) is 3.85. The highest BCUT2D eigenvalue weighted by Crippen LogP contribution is 2.32. The molecule has 1 saturated carbocycles. The molecule has 1 aromatic heterocycles. The van der Waals surface area contributed by atoms with Gasteiger partial charge in [-0.3, -0.25) is 9.67 Å². The zero-order valence-electron chi connectivity index (χ0n) is 10.7. The van der Waals surface area contributed by atoms with Crippen molar-refractivity contribution in [1.29, 1.82) is 0 Å². The fourth-order valence-electron chi connectivity index (χ4n) is 2.66. The smallest absolute Gasteiger partial charge is 0.156 e. The summed E-state index contributed by atoms with van der Waals surface area (Å²) in [5.74, 6) is 2.98. The third-order valence-corrected chi connectivity index (χ3v) is 4.76. The lowest BCUT2D eigenvalue weighted by molar-refractivity contribution is 0.489. The van der Waals surface area contributed by atoms with Crippen LogP contribution in [0.4, 0.5) is 0 Å². The van der Waals surface area contributed by atoms with Crippen LogP contribution in [0, 0.1) is 5.92 Å². The molecule has 0 spiro atoms. The summed E-state index contributed by atoms with van der Waals surface area (Å²) in [6, 6.07) is 0.679. The molecule has 0 amide bonds. The van der Waals surface area contributed by atoms with E-state index in [2.05, 4.69) is 20.4 Å². The minimum atomic E-state index is 0.679. The van der Waals surface area contributed by atoms with Gasteiger partial charge in [0.25, 0.3) is 0 Å². The van der Waals surface area contributed by atoms with Crippen LogP contribution in [0.25, 0.3) is 0 Å². The van der Waals surface area contributed by atoms with Crippen LogP contribution >= 0.6 is 11.8 Å². The quantitative estimate of drug-likeness (QED) is 0.893. The summed E-state index contributed by atoms with van der Waals surface area (Å²) < 4.78 is 1.74. The summed E-state index contributed by atoms with van der Waals surface area (Å²) >= 11 is 1.87. The van der Waals surface area contributed by atoms with Crippen LogP contribution in [-0.4, -0.2) is 38.3 Å². The molecule has 0 radical (unpaired) electrons. The average molecular weight is 265 g/mol. The van der Waals surface area contributed by atoms with Crippen LogP contribution in [0.5, 0.6) is 0 Å². The lowest BCUT2D eigenvalue weighted by Gasteiger charge is -2.27. The normalized spacial score (nSPS) is 29.3. The van der Waals surface area contributed by atoms with Crippen LogP contribution < -0.4 is 5.32 Å². The molecule has 2 heterocycles. The maximum atomic E-state index is 4.63. The maximum Gasteiger partial charge on any atom is 0.156 e. The number of hydrogen-bond acceptors (Lipinski definition) is 4. The van der Waals surface area contributed by atoms with Crippen molar-refractivity contribution < 1.29 is 0 Å². The van der Waals surface area contributed by atoms with Crippen LogP contribution in [0.15, 0.2) is 11.3 Å². The standard InChI is InChI=1S/C12H19N5S/c1-17-8-14-11(16-17)5-6-13-12-15-10-4-2-3-9(10)7-18-12/h8-10H,2-7H2,1H3,(H,13,15). The first-order valence-electron chi connectivity index (χ1n) is 6.59. The van der Waals surface area contributed by atoms with Gasteiger partial charge in [0.2, 0.25) is 0 Å². The van der Waals surface area contributed by atoms with E-state index in [1.54, 1.807) is 11.0 Å². The number of nitrogens with zero attached hydrogens (tertiary/aromatic N) is 4. The van der Waals surface area contributed by atoms with Crippen molar-refractivity contribution in [3.63, 3.8) is 0 Å². The molecule has 1 aromatic rings. The highest BCUT2D eigenvalue weighted by molar-refractivity contribution is 8.13. The van der Waals surface area contributed by atoms with E-state index in [1.807, 2.05) is 18.8 Å². The van der Waals surface area contributed by atoms with Gasteiger partial charge in [0.1, 0.15) is 6.33 Å². The van der Waals surface area contributed by atoms with Crippen molar-refractivity contribution >= 4 is 16.9 Å². The molecule has 0 bridgehead atoms. The lowest BCUT2D eigenvalue weighted by atomic mass is 10.1. The Labute approximate surface area is 111 Å². The molecular formula is C12H19N5S. The summed E-state index contributed by atoms with van der Waals surface area (Å²) in [6.45, 7) is 0.775. The van der Waals surface area contributed by atoms with E-state index in [-0.39, 0.29) is 0 Å². The van der Waals surface area contributed by atoms with Crippen molar-refractivity contribution in [1.82, 2.24) is 20.1 Å². The number of thioether (sulfide) groups is 1. The van der Waals surface area contributed by atoms with Gasteiger partial charge in [-0.05, 0) is 18.8 Å². The van der Waals surface area contributed by atoms with Crippen molar-refractivity contribution in [2.24, 2.45) is 18.0 Å². The third-order valence-electron chi connectivity index (χ3n) is 3.64. The molecule has 1 N–H and O–H groups in total. The SMILES string of the molecule is Cn1cnc(CCN=C2NC3CCCC3CS2)n1. The van der Waals surface area contributed by atoms with Crippen LogP contribution in [0.1, 0.15) is 25.1 Å². The zero-order valence-corrected chi connectivity index (χ0v) is 11.5. The zero-order chi connectivity index (χ0) is 12.4. The van der Waals surface area contributed by atoms with Crippen molar-refractivity contribution in [3.8, 4) is 0 Å². The largest absolute Gasteiger partial charge is 0.362 e. The highest BCUT2D eigenvalue weighted by Gasteiger charge is 2.31. The number of rotatable bonds is 3. The molecule has 98 valence electrons. The first-order valence-corrected chi connectivity index (χ1v) is 7.58. The second-order valence-electron chi connectivity index (χ2n) is 5.02. The van der Waals surface area contributed by atoms with Gasteiger partial charge in [-0.1, -0.05) is 18.2 Å². The van der Waals surface area contributed by atoms with Crippen LogP contribution in [-0.2, 0) is 13.5 Å². The first kappa shape index (κ1) is 12.0. The number of aromatic nitrogens is 3. The van der Waals surface area contributed by atoms with Gasteiger partial charge in [0.15, 0.2) is 11.0 Å². The summed E-state index contributed by atoms with van der Waals surface area (Å²) in [7, 11) is 1.89. The van der Waals surface area contributed by atoms with Crippen molar-refractivity contribution in [2.45, 2.75) is 31.7 Å². The monoisotopic (exact) mass is 265 g/mol. The summed E-state index contributed by atoms with van der Waals surface area (Å²) in [5.41, 5.74) is 0. The fraction of sp³-hybridized carbons (Fsp3) is 0.750. The van der Waals surface area contributed by atoms with E-state index in [1.165, 1.54) is 25.0 Å². The summed E-state index contributed by atoms with van der Waals surface area (Å²) in [4.78, 5) is 8.83. The predicted octanol–water partition coefficient (Wildman–Crippen LogP) is 1.22. The van der Waals surface area contributed by atoms with Gasteiger partial charge in [-0.25, -0.2) is 4.98 Å². The molecule has 6 heteroatoms. The minimum Gasteiger partial charge on any atom is -0.362 e. The molecule has 1 aliphatic heterocycles. The average Bonchev–Trinajstić information content (AvgIpc) is 2.97. The second-order valence-corrected chi connectivity index (χ2v) is 6.03. The van der Waals surface area contributed by atoms with Gasteiger partial charge in [0.05, 0.1) is 0 Å². The Morgan fingerprint density at radius 2 is 2.50 bits per heavy atom. The molecule has 5 nitrogen and oxygen atoms in total. The van der Waals surface area contributed by atoms with E-state index in [0.29, 0.717) is 6.04 Å². The molecule has 18 heavy (non-hydrogen) atoms. The third kappa shape index (κ3) is 2.68. The summed E-state index contributed by atoms with van der Waals surface area (Å²) in [5, 5.41) is 8.95. The number of fused-ring (bicyclic) bond motifs is 1. The number of aryl methyl sites for hydroxylation is 1. The van der Waals surface area contributed by atoms with Gasteiger partial charge in [-0.2, -0.15) is 5.10 Å². The van der Waals surface area contributed by atoms with Gasteiger partial charge >= 0.3 is 0 Å². The van der Waals surface area contributed by atoms with E-state index in [0.717, 1.165) is 29.9 Å². The Balaban J connectivity index is 1.50. The van der Waals surface area contributed by atoms with Gasteiger partial charge in [0, 0.05) is 31.8 Å². The Morgan fingerprint density at radius 1 is 1.56 bits per heavy atom. The molecule has 1 saturated heterocycles. The Kier molecular flexibility index (Phi) is 3.54. The van der Waals surface area contributed by atoms with Crippen LogP contribution in [0.2, 0.25) is 0 Å². The second kappa shape index (κ2) is 5.30. The lowest BCUT2D eigenvalue weighted by Crippen LogP contribution is -2.41.